The van der Waals surface area contributed by atoms with E-state index in [0.717, 1.165) is 35.6 Å². The van der Waals surface area contributed by atoms with Gasteiger partial charge in [0.25, 0.3) is 0 Å². The Morgan fingerprint density at radius 3 is 1.53 bits per heavy atom. The molecule has 0 atom stereocenters. The van der Waals surface area contributed by atoms with Crippen molar-refractivity contribution in [1.29, 1.82) is 0 Å². The SMILES string of the molecule is CC1(c2ccc(N(C3=CCC=CC=C3)c3ccccc3)cc2)c2ccccc2-c2ccccc21.CC1=CCC=CC=C1.c1ccc(Nc2ccccc2)cc1. The third-order valence-corrected chi connectivity index (χ3v) is 10.2. The molecule has 0 amide bonds. The molecule has 0 radical (unpaired) electrons. The number of nitrogens with zero attached hydrogens (tertiary/aromatic N) is 1. The Hall–Kier alpha value is -6.64. The first-order valence-corrected chi connectivity index (χ1v) is 19.2. The fourth-order valence-corrected chi connectivity index (χ4v) is 7.36. The Kier molecular flexibility index (Phi) is 12.0. The van der Waals surface area contributed by atoms with Crippen LogP contribution in [-0.4, -0.2) is 0 Å². The lowest BCUT2D eigenvalue weighted by molar-refractivity contribution is 0.714. The lowest BCUT2D eigenvalue weighted by atomic mass is 9.74. The molecule has 6 aromatic rings. The van der Waals surface area contributed by atoms with Gasteiger partial charge in [0, 0.05) is 33.9 Å². The van der Waals surface area contributed by atoms with Gasteiger partial charge in [-0.3, -0.25) is 0 Å². The normalized spacial score (nSPS) is 14.3. The minimum atomic E-state index is -0.172. The molecule has 0 aromatic heterocycles. The molecule has 0 bridgehead atoms. The number of benzene rings is 6. The maximum absolute atomic E-state index is 3.30. The van der Waals surface area contributed by atoms with Gasteiger partial charge in [-0.2, -0.15) is 0 Å². The van der Waals surface area contributed by atoms with Crippen LogP contribution in [0.1, 0.15) is 43.4 Å². The molecule has 1 N–H and O–H groups in total. The van der Waals surface area contributed by atoms with E-state index in [1.807, 2.05) is 60.7 Å². The maximum atomic E-state index is 3.30. The molecule has 0 unspecified atom stereocenters. The first kappa shape index (κ1) is 36.7. The third-order valence-electron chi connectivity index (χ3n) is 10.2. The Morgan fingerprint density at radius 2 is 0.945 bits per heavy atom. The summed E-state index contributed by atoms with van der Waals surface area (Å²) in [6.07, 6.45) is 23.5. The van der Waals surface area contributed by atoms with Crippen LogP contribution in [0.5, 0.6) is 0 Å². The molecule has 0 aliphatic heterocycles. The summed E-state index contributed by atoms with van der Waals surface area (Å²) in [5.41, 5.74) is 13.7. The maximum Gasteiger partial charge on any atom is 0.0461 e. The van der Waals surface area contributed by atoms with Gasteiger partial charge in [-0.25, -0.2) is 0 Å². The Morgan fingerprint density at radius 1 is 0.473 bits per heavy atom. The molecule has 0 fully saturated rings. The average molecular weight is 713 g/mol. The van der Waals surface area contributed by atoms with Gasteiger partial charge in [-0.15, -0.1) is 0 Å². The molecule has 6 aromatic carbocycles. The second kappa shape index (κ2) is 17.9. The van der Waals surface area contributed by atoms with E-state index in [9.17, 15) is 0 Å². The average Bonchev–Trinajstić information content (AvgIpc) is 3.52. The van der Waals surface area contributed by atoms with Crippen LogP contribution in [0.3, 0.4) is 0 Å². The monoisotopic (exact) mass is 712 g/mol. The number of nitrogens with one attached hydrogen (secondary N) is 1. The topological polar surface area (TPSA) is 15.3 Å². The van der Waals surface area contributed by atoms with Gasteiger partial charge >= 0.3 is 0 Å². The standard InChI is InChI=1S/C33H27N.C12H11N.C8H10/c1-33(31-19-11-9-17-29(31)30-18-10-12-20-32(30)33)25-21-23-28(24-22-25)34(27-15-7-4-8-16-27)26-13-5-2-3-6-14-26;1-3-7-11(8-4-1)13-12-9-5-2-6-10-12;1-8-6-4-2-3-5-7-8/h2-5,7-24H,6H2,1H3;1-10,13H;2-4,6-7H,5H2,1H3. The summed E-state index contributed by atoms with van der Waals surface area (Å²) >= 11 is 0. The molecule has 3 aliphatic carbocycles. The lowest BCUT2D eigenvalue weighted by Crippen LogP contribution is -2.22. The van der Waals surface area contributed by atoms with Crippen LogP contribution < -0.4 is 10.2 Å². The highest BCUT2D eigenvalue weighted by Gasteiger charge is 2.40. The largest absolute Gasteiger partial charge is 0.356 e. The van der Waals surface area contributed by atoms with Gasteiger partial charge in [0.1, 0.15) is 0 Å². The van der Waals surface area contributed by atoms with Crippen molar-refractivity contribution in [3.8, 4) is 11.1 Å². The minimum Gasteiger partial charge on any atom is -0.356 e. The predicted molar refractivity (Wildman–Crippen MR) is 236 cm³/mol. The van der Waals surface area contributed by atoms with Crippen LogP contribution >= 0.6 is 0 Å². The van der Waals surface area contributed by atoms with Gasteiger partial charge in [-0.05, 0) is 109 Å². The molecule has 3 aliphatic rings. The Balaban J connectivity index is 0.000000180. The molecule has 270 valence electrons. The van der Waals surface area contributed by atoms with Crippen molar-refractivity contribution in [2.45, 2.75) is 32.1 Å². The van der Waals surface area contributed by atoms with Crippen LogP contribution in [0.15, 0.2) is 236 Å². The molecular formula is C53H48N2. The van der Waals surface area contributed by atoms with E-state index in [1.54, 1.807) is 0 Å². The number of para-hydroxylation sites is 3. The highest BCUT2D eigenvalue weighted by Crippen LogP contribution is 2.52. The van der Waals surface area contributed by atoms with Crippen molar-refractivity contribution in [2.75, 3.05) is 10.2 Å². The lowest BCUT2D eigenvalue weighted by Gasteiger charge is -2.30. The quantitative estimate of drug-likeness (QED) is 0.185. The zero-order chi connectivity index (χ0) is 37.7. The number of fused-ring (bicyclic) bond motifs is 3. The van der Waals surface area contributed by atoms with Crippen LogP contribution in [-0.2, 0) is 5.41 Å². The van der Waals surface area contributed by atoms with Crippen molar-refractivity contribution in [3.05, 3.63) is 253 Å². The summed E-state index contributed by atoms with van der Waals surface area (Å²) in [5.74, 6) is 0. The van der Waals surface area contributed by atoms with Gasteiger partial charge in [0.15, 0.2) is 0 Å². The molecule has 0 saturated heterocycles. The summed E-state index contributed by atoms with van der Waals surface area (Å²) in [6.45, 7) is 4.48. The van der Waals surface area contributed by atoms with Gasteiger partial charge in [-0.1, -0.05) is 176 Å². The summed E-state index contributed by atoms with van der Waals surface area (Å²) in [6, 6.07) is 57.7. The van der Waals surface area contributed by atoms with E-state index in [-0.39, 0.29) is 5.41 Å². The smallest absolute Gasteiger partial charge is 0.0461 e. The van der Waals surface area contributed by atoms with Crippen molar-refractivity contribution in [1.82, 2.24) is 0 Å². The highest BCUT2D eigenvalue weighted by molar-refractivity contribution is 5.83. The van der Waals surface area contributed by atoms with Crippen molar-refractivity contribution < 1.29 is 0 Å². The van der Waals surface area contributed by atoms with E-state index in [1.165, 1.54) is 39.1 Å². The minimum absolute atomic E-state index is 0.172. The summed E-state index contributed by atoms with van der Waals surface area (Å²) < 4.78 is 0. The van der Waals surface area contributed by atoms with E-state index in [0.29, 0.717) is 0 Å². The summed E-state index contributed by atoms with van der Waals surface area (Å²) in [5, 5.41) is 3.30. The van der Waals surface area contributed by atoms with Crippen molar-refractivity contribution in [3.63, 3.8) is 0 Å². The van der Waals surface area contributed by atoms with Crippen LogP contribution in [0.25, 0.3) is 11.1 Å². The molecule has 0 heterocycles. The first-order chi connectivity index (χ1) is 27.1. The molecule has 0 spiro atoms. The molecule has 0 saturated carbocycles. The summed E-state index contributed by atoms with van der Waals surface area (Å²) in [7, 11) is 0. The van der Waals surface area contributed by atoms with Crippen LogP contribution in [0, 0.1) is 0 Å². The van der Waals surface area contributed by atoms with Crippen LogP contribution in [0.4, 0.5) is 22.7 Å². The van der Waals surface area contributed by atoms with E-state index in [4.69, 9.17) is 0 Å². The first-order valence-electron chi connectivity index (χ1n) is 19.2. The number of allylic oxidation sites excluding steroid dienone is 11. The van der Waals surface area contributed by atoms with E-state index < -0.39 is 0 Å². The zero-order valence-electron chi connectivity index (χ0n) is 31.7. The highest BCUT2D eigenvalue weighted by atomic mass is 15.1. The van der Waals surface area contributed by atoms with Crippen molar-refractivity contribution >= 4 is 22.7 Å². The second-order valence-electron chi connectivity index (χ2n) is 13.9. The third kappa shape index (κ3) is 8.78. The molecular weight excluding hydrogens is 665 g/mol. The molecule has 55 heavy (non-hydrogen) atoms. The van der Waals surface area contributed by atoms with Crippen LogP contribution in [0.2, 0.25) is 0 Å². The summed E-state index contributed by atoms with van der Waals surface area (Å²) in [4.78, 5) is 2.34. The zero-order valence-corrected chi connectivity index (χ0v) is 31.7. The predicted octanol–water partition coefficient (Wildman–Crippen LogP) is 14.4. The Labute approximate surface area is 327 Å². The van der Waals surface area contributed by atoms with Gasteiger partial charge in [0.05, 0.1) is 0 Å². The fourth-order valence-electron chi connectivity index (χ4n) is 7.36. The second-order valence-corrected chi connectivity index (χ2v) is 13.9. The number of hydrogen-bond donors (Lipinski definition) is 1. The number of anilines is 4. The van der Waals surface area contributed by atoms with Gasteiger partial charge < -0.3 is 10.2 Å². The molecule has 9 rings (SSSR count). The number of rotatable bonds is 6. The fraction of sp³-hybridized carbons (Fsp3) is 0.0943. The molecule has 2 nitrogen and oxygen atoms in total. The van der Waals surface area contributed by atoms with Gasteiger partial charge in [0.2, 0.25) is 0 Å². The van der Waals surface area contributed by atoms with E-state index >= 15 is 0 Å². The van der Waals surface area contributed by atoms with Crippen molar-refractivity contribution in [2.24, 2.45) is 0 Å². The number of hydrogen-bond acceptors (Lipinski definition) is 2. The van der Waals surface area contributed by atoms with E-state index in [2.05, 4.69) is 188 Å². The molecule has 2 heteroatoms. The Bertz CT molecular complexity index is 2260.